The van der Waals surface area contributed by atoms with Crippen LogP contribution in [0.1, 0.15) is 29.8 Å². The number of anilines is 2. The largest absolute Gasteiger partial charge is 0.384 e. The Bertz CT molecular complexity index is 960. The molecule has 7 nitrogen and oxygen atoms in total. The SMILES string of the molecule is Cc1ccc(NCC(=O)c2c(N)n(CC(C)C)c(=O)n(C)c2=O)cc1F. The van der Waals surface area contributed by atoms with E-state index in [-0.39, 0.29) is 30.4 Å². The highest BCUT2D eigenvalue weighted by atomic mass is 19.1. The molecule has 0 aliphatic heterocycles. The Morgan fingerprint density at radius 1 is 1.31 bits per heavy atom. The second kappa shape index (κ2) is 7.55. The van der Waals surface area contributed by atoms with Gasteiger partial charge in [0.2, 0.25) is 0 Å². The van der Waals surface area contributed by atoms with Crippen LogP contribution >= 0.6 is 0 Å². The van der Waals surface area contributed by atoms with Gasteiger partial charge in [-0.15, -0.1) is 0 Å². The summed E-state index contributed by atoms with van der Waals surface area (Å²) in [6.07, 6.45) is 0. The summed E-state index contributed by atoms with van der Waals surface area (Å²) >= 11 is 0. The summed E-state index contributed by atoms with van der Waals surface area (Å²) in [4.78, 5) is 37.2. The minimum absolute atomic E-state index is 0.101. The van der Waals surface area contributed by atoms with Crippen LogP contribution in [0.4, 0.5) is 15.9 Å². The van der Waals surface area contributed by atoms with Crippen molar-refractivity contribution in [1.29, 1.82) is 0 Å². The van der Waals surface area contributed by atoms with E-state index in [0.717, 1.165) is 4.57 Å². The van der Waals surface area contributed by atoms with E-state index in [4.69, 9.17) is 5.73 Å². The van der Waals surface area contributed by atoms with Crippen LogP contribution in [0, 0.1) is 18.7 Å². The molecule has 0 aliphatic rings. The molecular formula is C18H23FN4O3. The highest BCUT2D eigenvalue weighted by Crippen LogP contribution is 2.14. The number of aromatic nitrogens is 2. The van der Waals surface area contributed by atoms with E-state index in [1.54, 1.807) is 19.1 Å². The molecule has 8 heteroatoms. The number of rotatable bonds is 6. The van der Waals surface area contributed by atoms with Crippen molar-refractivity contribution in [2.45, 2.75) is 27.3 Å². The molecule has 0 saturated carbocycles. The Hall–Kier alpha value is -2.90. The number of carbonyl (C=O) groups excluding carboxylic acids is 1. The van der Waals surface area contributed by atoms with Gasteiger partial charge in [-0.1, -0.05) is 19.9 Å². The minimum Gasteiger partial charge on any atom is -0.384 e. The lowest BCUT2D eigenvalue weighted by molar-refractivity contribution is 0.100. The molecule has 1 heterocycles. The Kier molecular flexibility index (Phi) is 5.64. The molecule has 0 atom stereocenters. The van der Waals surface area contributed by atoms with Crippen molar-refractivity contribution in [2.75, 3.05) is 17.6 Å². The van der Waals surface area contributed by atoms with E-state index >= 15 is 0 Å². The first-order valence-corrected chi connectivity index (χ1v) is 8.26. The van der Waals surface area contributed by atoms with Crippen LogP contribution < -0.4 is 22.3 Å². The summed E-state index contributed by atoms with van der Waals surface area (Å²) in [5.41, 5.74) is 5.31. The molecule has 26 heavy (non-hydrogen) atoms. The van der Waals surface area contributed by atoms with Crippen molar-refractivity contribution < 1.29 is 9.18 Å². The second-order valence-corrected chi connectivity index (χ2v) is 6.65. The van der Waals surface area contributed by atoms with Crippen molar-refractivity contribution >= 4 is 17.3 Å². The first-order chi connectivity index (χ1) is 12.1. The van der Waals surface area contributed by atoms with Crippen LogP contribution in [0.2, 0.25) is 0 Å². The number of nitrogen functional groups attached to an aromatic ring is 1. The van der Waals surface area contributed by atoms with Gasteiger partial charge in [0.25, 0.3) is 5.56 Å². The molecule has 0 saturated heterocycles. The second-order valence-electron chi connectivity index (χ2n) is 6.65. The zero-order valence-corrected chi connectivity index (χ0v) is 15.3. The van der Waals surface area contributed by atoms with Crippen LogP contribution in [0.25, 0.3) is 0 Å². The average Bonchev–Trinajstić information content (AvgIpc) is 2.58. The first kappa shape index (κ1) is 19.4. The molecule has 0 spiro atoms. The van der Waals surface area contributed by atoms with Gasteiger partial charge < -0.3 is 11.1 Å². The van der Waals surface area contributed by atoms with Crippen molar-refractivity contribution in [3.05, 3.63) is 56.0 Å². The summed E-state index contributed by atoms with van der Waals surface area (Å²) in [7, 11) is 1.31. The summed E-state index contributed by atoms with van der Waals surface area (Å²) in [6.45, 7) is 5.46. The van der Waals surface area contributed by atoms with E-state index in [9.17, 15) is 18.8 Å². The van der Waals surface area contributed by atoms with Gasteiger partial charge in [-0.2, -0.15) is 0 Å². The molecule has 140 valence electrons. The topological polar surface area (TPSA) is 99.1 Å². The van der Waals surface area contributed by atoms with Crippen LogP contribution in [0.5, 0.6) is 0 Å². The van der Waals surface area contributed by atoms with Crippen molar-refractivity contribution in [3.8, 4) is 0 Å². The maximum atomic E-state index is 13.6. The Morgan fingerprint density at radius 2 is 1.96 bits per heavy atom. The quantitative estimate of drug-likeness (QED) is 0.759. The smallest absolute Gasteiger partial charge is 0.332 e. The number of ketones is 1. The molecule has 2 rings (SSSR count). The third-order valence-corrected chi connectivity index (χ3v) is 4.03. The van der Waals surface area contributed by atoms with Gasteiger partial charge in [0.05, 0.1) is 6.54 Å². The molecule has 1 aromatic carbocycles. The number of benzene rings is 1. The monoisotopic (exact) mass is 362 g/mol. The summed E-state index contributed by atoms with van der Waals surface area (Å²) in [5.74, 6) is -1.01. The van der Waals surface area contributed by atoms with Crippen molar-refractivity contribution in [1.82, 2.24) is 9.13 Å². The molecule has 0 radical (unpaired) electrons. The fourth-order valence-electron chi connectivity index (χ4n) is 2.56. The normalized spacial score (nSPS) is 11.0. The summed E-state index contributed by atoms with van der Waals surface area (Å²) < 4.78 is 15.7. The molecule has 0 amide bonds. The number of hydrogen-bond donors (Lipinski definition) is 2. The molecule has 3 N–H and O–H groups in total. The predicted molar refractivity (Wildman–Crippen MR) is 99.2 cm³/mol. The molecular weight excluding hydrogens is 339 g/mol. The minimum atomic E-state index is -0.741. The number of nitrogens with zero attached hydrogens (tertiary/aromatic N) is 2. The van der Waals surface area contributed by atoms with Gasteiger partial charge in [0, 0.05) is 19.3 Å². The number of aryl methyl sites for hydroxylation is 1. The Labute approximate surface area is 150 Å². The molecule has 0 unspecified atom stereocenters. The van der Waals surface area contributed by atoms with Crippen LogP contribution in [0.3, 0.4) is 0 Å². The molecule has 1 aromatic heterocycles. The predicted octanol–water partition coefficient (Wildman–Crippen LogP) is 1.53. The van der Waals surface area contributed by atoms with Gasteiger partial charge in [0.1, 0.15) is 17.2 Å². The first-order valence-electron chi connectivity index (χ1n) is 8.26. The summed E-state index contributed by atoms with van der Waals surface area (Å²) in [5, 5.41) is 2.78. The van der Waals surface area contributed by atoms with E-state index in [2.05, 4.69) is 5.32 Å². The number of Topliss-reactive ketones (excluding diaryl/α,β-unsaturated/α-hetero) is 1. The Balaban J connectivity index is 2.36. The summed E-state index contributed by atoms with van der Waals surface area (Å²) in [6, 6.07) is 4.48. The fraction of sp³-hybridized carbons (Fsp3) is 0.389. The third kappa shape index (κ3) is 3.84. The fourth-order valence-corrected chi connectivity index (χ4v) is 2.56. The number of halogens is 1. The Morgan fingerprint density at radius 3 is 2.54 bits per heavy atom. The van der Waals surface area contributed by atoms with Gasteiger partial charge in [-0.05, 0) is 30.5 Å². The van der Waals surface area contributed by atoms with Crippen LogP contribution in [-0.4, -0.2) is 21.5 Å². The lowest BCUT2D eigenvalue weighted by Crippen LogP contribution is -2.43. The highest BCUT2D eigenvalue weighted by molar-refractivity contribution is 6.02. The van der Waals surface area contributed by atoms with Gasteiger partial charge in [-0.25, -0.2) is 9.18 Å². The maximum absolute atomic E-state index is 13.6. The third-order valence-electron chi connectivity index (χ3n) is 4.03. The van der Waals surface area contributed by atoms with Crippen molar-refractivity contribution in [2.24, 2.45) is 13.0 Å². The van der Waals surface area contributed by atoms with E-state index < -0.39 is 22.8 Å². The van der Waals surface area contributed by atoms with Gasteiger partial charge in [0.15, 0.2) is 5.78 Å². The van der Waals surface area contributed by atoms with Crippen LogP contribution in [0.15, 0.2) is 27.8 Å². The molecule has 2 aromatic rings. The highest BCUT2D eigenvalue weighted by Gasteiger charge is 2.21. The lowest BCUT2D eigenvalue weighted by Gasteiger charge is -2.16. The molecule has 0 fully saturated rings. The van der Waals surface area contributed by atoms with Gasteiger partial charge >= 0.3 is 5.69 Å². The maximum Gasteiger partial charge on any atom is 0.332 e. The lowest BCUT2D eigenvalue weighted by atomic mass is 10.1. The number of carbonyl (C=O) groups is 1. The number of nitrogens with one attached hydrogen (secondary N) is 1. The number of hydrogen-bond acceptors (Lipinski definition) is 5. The van der Waals surface area contributed by atoms with Crippen LogP contribution in [-0.2, 0) is 13.6 Å². The van der Waals surface area contributed by atoms with E-state index in [1.165, 1.54) is 17.7 Å². The van der Waals surface area contributed by atoms with Crippen molar-refractivity contribution in [3.63, 3.8) is 0 Å². The number of nitrogens with two attached hydrogens (primary N) is 1. The standard InChI is InChI=1S/C18H23FN4O3/c1-10(2)9-23-16(20)15(17(25)22(4)18(23)26)14(24)8-21-12-6-5-11(3)13(19)7-12/h5-7,10,21H,8-9,20H2,1-4H3. The van der Waals surface area contributed by atoms with E-state index in [1.807, 2.05) is 13.8 Å². The van der Waals surface area contributed by atoms with E-state index in [0.29, 0.717) is 11.3 Å². The zero-order valence-electron chi connectivity index (χ0n) is 15.3. The zero-order chi connectivity index (χ0) is 19.6. The molecule has 0 aliphatic carbocycles. The van der Waals surface area contributed by atoms with Gasteiger partial charge in [-0.3, -0.25) is 18.7 Å². The average molecular weight is 362 g/mol. The molecule has 0 bridgehead atoms.